The van der Waals surface area contributed by atoms with E-state index in [1.807, 2.05) is 0 Å². The molecule has 3 rings (SSSR count). The summed E-state index contributed by atoms with van der Waals surface area (Å²) in [5.74, 6) is 0.122. The van der Waals surface area contributed by atoms with Crippen LogP contribution in [0.3, 0.4) is 0 Å². The molecular formula is C15H14FN3O2. The van der Waals surface area contributed by atoms with E-state index in [4.69, 9.17) is 4.42 Å². The molecule has 1 aromatic carbocycles. The Hall–Kier alpha value is -2.63. The molecule has 1 amide bonds. The fourth-order valence-electron chi connectivity index (χ4n) is 2.23. The molecule has 0 spiro atoms. The number of nitrogens with zero attached hydrogens (tertiary/aromatic N) is 1. The number of hydrogen-bond acceptors (Lipinski definition) is 3. The zero-order chi connectivity index (χ0) is 14.8. The molecule has 21 heavy (non-hydrogen) atoms. The van der Waals surface area contributed by atoms with Crippen LogP contribution in [0.15, 0.2) is 35.0 Å². The van der Waals surface area contributed by atoms with Crippen molar-refractivity contribution in [3.8, 4) is 0 Å². The zero-order valence-electron chi connectivity index (χ0n) is 11.4. The maximum absolute atomic E-state index is 13.6. The number of benzene rings is 1. The number of nitrogens with one attached hydrogen (secondary N) is 2. The lowest BCUT2D eigenvalue weighted by Gasteiger charge is -2.02. The molecule has 2 heterocycles. The Morgan fingerprint density at radius 3 is 3.05 bits per heavy atom. The molecule has 0 aliphatic rings. The van der Waals surface area contributed by atoms with Crippen LogP contribution in [0.5, 0.6) is 0 Å². The van der Waals surface area contributed by atoms with Crippen LogP contribution in [-0.2, 0) is 6.42 Å². The molecule has 0 aliphatic heterocycles. The summed E-state index contributed by atoms with van der Waals surface area (Å²) >= 11 is 0. The highest BCUT2D eigenvalue weighted by Crippen LogP contribution is 2.27. The third-order valence-electron chi connectivity index (χ3n) is 3.32. The second-order valence-electron chi connectivity index (χ2n) is 4.71. The van der Waals surface area contributed by atoms with E-state index in [1.165, 1.54) is 6.07 Å². The van der Waals surface area contributed by atoms with E-state index in [0.29, 0.717) is 23.9 Å². The number of H-pyrrole nitrogens is 1. The topological polar surface area (TPSA) is 70.9 Å². The third-order valence-corrected chi connectivity index (χ3v) is 3.32. The number of imidazole rings is 1. The fourth-order valence-corrected chi connectivity index (χ4v) is 2.23. The molecule has 2 aromatic heterocycles. The van der Waals surface area contributed by atoms with E-state index in [1.54, 1.807) is 31.5 Å². The van der Waals surface area contributed by atoms with Gasteiger partial charge >= 0.3 is 0 Å². The Bertz CT molecular complexity index is 778. The van der Waals surface area contributed by atoms with Gasteiger partial charge in [-0.3, -0.25) is 4.79 Å². The van der Waals surface area contributed by atoms with Gasteiger partial charge in [-0.15, -0.1) is 0 Å². The standard InChI is InChI=1S/C15H14FN3O2/c1-9-10-3-2-4-11(16)14(10)21-13(9)15(20)19-6-5-12-17-7-8-18-12/h2-4,7-8H,5-6H2,1H3,(H,17,18)(H,19,20). The SMILES string of the molecule is Cc1c(C(=O)NCCc2ncc[nH]2)oc2c(F)cccc12. The number of para-hydroxylation sites is 1. The summed E-state index contributed by atoms with van der Waals surface area (Å²) < 4.78 is 19.0. The van der Waals surface area contributed by atoms with Gasteiger partial charge in [-0.05, 0) is 13.0 Å². The summed E-state index contributed by atoms with van der Waals surface area (Å²) in [6, 6.07) is 4.64. The normalized spacial score (nSPS) is 11.0. The minimum Gasteiger partial charge on any atom is -0.448 e. The number of fused-ring (bicyclic) bond motifs is 1. The molecule has 6 heteroatoms. The van der Waals surface area contributed by atoms with Crippen molar-refractivity contribution in [2.45, 2.75) is 13.3 Å². The summed E-state index contributed by atoms with van der Waals surface area (Å²) in [6.45, 7) is 2.16. The Balaban J connectivity index is 1.75. The maximum Gasteiger partial charge on any atom is 0.287 e. The summed E-state index contributed by atoms with van der Waals surface area (Å²) in [4.78, 5) is 19.1. The second kappa shape index (κ2) is 5.40. The smallest absolute Gasteiger partial charge is 0.287 e. The van der Waals surface area contributed by atoms with Crippen molar-refractivity contribution >= 4 is 16.9 Å². The number of carbonyl (C=O) groups excluding carboxylic acids is 1. The number of amides is 1. The number of rotatable bonds is 4. The Labute approximate surface area is 120 Å². The minimum atomic E-state index is -0.467. The Morgan fingerprint density at radius 1 is 1.48 bits per heavy atom. The van der Waals surface area contributed by atoms with E-state index in [-0.39, 0.29) is 17.3 Å². The number of carbonyl (C=O) groups is 1. The van der Waals surface area contributed by atoms with Gasteiger partial charge in [-0.2, -0.15) is 0 Å². The van der Waals surface area contributed by atoms with Crippen LogP contribution in [0.4, 0.5) is 4.39 Å². The van der Waals surface area contributed by atoms with Gasteiger partial charge in [0, 0.05) is 36.3 Å². The quantitative estimate of drug-likeness (QED) is 0.774. The maximum atomic E-state index is 13.6. The first-order chi connectivity index (χ1) is 10.2. The molecule has 0 saturated carbocycles. The second-order valence-corrected chi connectivity index (χ2v) is 4.71. The van der Waals surface area contributed by atoms with E-state index in [0.717, 1.165) is 5.82 Å². The van der Waals surface area contributed by atoms with Gasteiger partial charge in [0.2, 0.25) is 0 Å². The number of aromatic amines is 1. The van der Waals surface area contributed by atoms with E-state index in [9.17, 15) is 9.18 Å². The van der Waals surface area contributed by atoms with Gasteiger partial charge in [0.15, 0.2) is 17.2 Å². The van der Waals surface area contributed by atoms with Gasteiger partial charge in [0.1, 0.15) is 5.82 Å². The van der Waals surface area contributed by atoms with Gasteiger partial charge in [0.25, 0.3) is 5.91 Å². The molecule has 0 unspecified atom stereocenters. The molecule has 5 nitrogen and oxygen atoms in total. The van der Waals surface area contributed by atoms with Crippen LogP contribution in [0.25, 0.3) is 11.0 Å². The predicted molar refractivity (Wildman–Crippen MR) is 75.5 cm³/mol. The van der Waals surface area contributed by atoms with Crippen molar-refractivity contribution in [2.75, 3.05) is 6.54 Å². The van der Waals surface area contributed by atoms with Crippen LogP contribution in [-0.4, -0.2) is 22.4 Å². The lowest BCUT2D eigenvalue weighted by molar-refractivity contribution is 0.0927. The van der Waals surface area contributed by atoms with Crippen LogP contribution in [0.1, 0.15) is 21.9 Å². The molecule has 0 radical (unpaired) electrons. The molecule has 0 saturated heterocycles. The van der Waals surface area contributed by atoms with Crippen LogP contribution in [0, 0.1) is 12.7 Å². The van der Waals surface area contributed by atoms with Crippen molar-refractivity contribution < 1.29 is 13.6 Å². The average molecular weight is 287 g/mol. The zero-order valence-corrected chi connectivity index (χ0v) is 11.4. The van der Waals surface area contributed by atoms with Gasteiger partial charge in [0.05, 0.1) is 0 Å². The lowest BCUT2D eigenvalue weighted by atomic mass is 10.1. The van der Waals surface area contributed by atoms with Crippen LogP contribution in [0.2, 0.25) is 0 Å². The summed E-state index contributed by atoms with van der Waals surface area (Å²) in [5.41, 5.74) is 0.756. The van der Waals surface area contributed by atoms with Crippen molar-refractivity contribution in [3.05, 3.63) is 53.6 Å². The fraction of sp³-hybridized carbons (Fsp3) is 0.200. The van der Waals surface area contributed by atoms with Crippen molar-refractivity contribution in [1.29, 1.82) is 0 Å². The lowest BCUT2D eigenvalue weighted by Crippen LogP contribution is -2.26. The number of furan rings is 1. The summed E-state index contributed by atoms with van der Waals surface area (Å²) in [5, 5.41) is 3.36. The molecule has 108 valence electrons. The molecule has 2 N–H and O–H groups in total. The highest BCUT2D eigenvalue weighted by molar-refractivity contribution is 5.98. The third kappa shape index (κ3) is 2.52. The number of aromatic nitrogens is 2. The molecule has 0 aliphatic carbocycles. The number of hydrogen-bond donors (Lipinski definition) is 2. The van der Waals surface area contributed by atoms with Gasteiger partial charge in [-0.25, -0.2) is 9.37 Å². The van der Waals surface area contributed by atoms with E-state index < -0.39 is 5.82 Å². The van der Waals surface area contributed by atoms with Gasteiger partial charge in [-0.1, -0.05) is 12.1 Å². The van der Waals surface area contributed by atoms with Crippen LogP contribution < -0.4 is 5.32 Å². The molecular weight excluding hydrogens is 273 g/mol. The summed E-state index contributed by atoms with van der Waals surface area (Å²) in [6.07, 6.45) is 3.97. The largest absolute Gasteiger partial charge is 0.448 e. The first-order valence-electron chi connectivity index (χ1n) is 6.61. The predicted octanol–water partition coefficient (Wildman–Crippen LogP) is 2.58. The van der Waals surface area contributed by atoms with E-state index >= 15 is 0 Å². The van der Waals surface area contributed by atoms with Crippen molar-refractivity contribution in [2.24, 2.45) is 0 Å². The minimum absolute atomic E-state index is 0.117. The highest BCUT2D eigenvalue weighted by Gasteiger charge is 2.19. The van der Waals surface area contributed by atoms with Crippen molar-refractivity contribution in [1.82, 2.24) is 15.3 Å². The van der Waals surface area contributed by atoms with Crippen LogP contribution >= 0.6 is 0 Å². The number of aryl methyl sites for hydroxylation is 1. The average Bonchev–Trinajstić information content (AvgIpc) is 3.08. The van der Waals surface area contributed by atoms with E-state index in [2.05, 4.69) is 15.3 Å². The molecule has 0 atom stereocenters. The molecule has 3 aromatic rings. The molecule has 0 fully saturated rings. The van der Waals surface area contributed by atoms with Gasteiger partial charge < -0.3 is 14.7 Å². The number of halogens is 1. The highest BCUT2D eigenvalue weighted by atomic mass is 19.1. The molecule has 0 bridgehead atoms. The summed E-state index contributed by atoms with van der Waals surface area (Å²) in [7, 11) is 0. The Kier molecular flexibility index (Phi) is 3.43. The monoisotopic (exact) mass is 287 g/mol. The first kappa shape index (κ1) is 13.4. The Morgan fingerprint density at radius 2 is 2.33 bits per heavy atom. The van der Waals surface area contributed by atoms with Crippen molar-refractivity contribution in [3.63, 3.8) is 0 Å². The first-order valence-corrected chi connectivity index (χ1v) is 6.61.